The van der Waals surface area contributed by atoms with E-state index in [1.807, 2.05) is 0 Å². The summed E-state index contributed by atoms with van der Waals surface area (Å²) < 4.78 is 9.82. The molecule has 6 heteroatoms. The Bertz CT molecular complexity index is 460. The van der Waals surface area contributed by atoms with Crippen molar-refractivity contribution in [3.63, 3.8) is 0 Å². The number of carbonyl (C=O) groups is 4. The Kier molecular flexibility index (Phi) is 11.1. The largest absolute Gasteiger partial charge is 0.466 e. The van der Waals surface area contributed by atoms with Crippen molar-refractivity contribution in [2.45, 2.75) is 52.4 Å². The molecule has 140 valence electrons. The number of rotatable bonds is 14. The first-order chi connectivity index (χ1) is 11.9. The first-order valence-corrected chi connectivity index (χ1v) is 8.47. The Morgan fingerprint density at radius 1 is 0.800 bits per heavy atom. The van der Waals surface area contributed by atoms with E-state index < -0.39 is 41.8 Å². The Labute approximate surface area is 149 Å². The lowest BCUT2D eigenvalue weighted by Gasteiger charge is -2.29. The second kappa shape index (κ2) is 12.2. The zero-order valence-corrected chi connectivity index (χ0v) is 15.2. The molecule has 0 aromatic heterocycles. The molecule has 0 aliphatic carbocycles. The van der Waals surface area contributed by atoms with Gasteiger partial charge in [0.1, 0.15) is 17.0 Å². The van der Waals surface area contributed by atoms with Crippen molar-refractivity contribution in [1.82, 2.24) is 0 Å². The van der Waals surface area contributed by atoms with Gasteiger partial charge in [-0.25, -0.2) is 0 Å². The minimum Gasteiger partial charge on any atom is -0.466 e. The normalized spacial score (nSPS) is 10.6. The summed E-state index contributed by atoms with van der Waals surface area (Å²) >= 11 is 0. The summed E-state index contributed by atoms with van der Waals surface area (Å²) in [7, 11) is 0. The van der Waals surface area contributed by atoms with Gasteiger partial charge in [-0.2, -0.15) is 0 Å². The third kappa shape index (κ3) is 7.45. The van der Waals surface area contributed by atoms with Crippen LogP contribution in [-0.4, -0.2) is 36.7 Å². The van der Waals surface area contributed by atoms with Crippen LogP contribution in [0, 0.1) is 5.41 Å². The number of hydrogen-bond donors (Lipinski definition) is 0. The van der Waals surface area contributed by atoms with E-state index in [9.17, 15) is 19.2 Å². The topological polar surface area (TPSA) is 86.7 Å². The molecule has 25 heavy (non-hydrogen) atoms. The summed E-state index contributed by atoms with van der Waals surface area (Å²) in [6.45, 7) is 10.6. The fraction of sp³-hybridized carbons (Fsp3) is 0.579. The van der Waals surface area contributed by atoms with Crippen LogP contribution in [0.5, 0.6) is 0 Å². The Morgan fingerprint density at radius 3 is 1.44 bits per heavy atom. The van der Waals surface area contributed by atoms with Crippen LogP contribution < -0.4 is 0 Å². The molecule has 0 radical (unpaired) electrons. The van der Waals surface area contributed by atoms with E-state index in [-0.39, 0.29) is 26.1 Å². The van der Waals surface area contributed by atoms with Crippen molar-refractivity contribution < 1.29 is 28.7 Å². The van der Waals surface area contributed by atoms with E-state index in [0.717, 1.165) is 0 Å². The molecule has 0 aliphatic rings. The average molecular weight is 352 g/mol. The smallest absolute Gasteiger partial charge is 0.307 e. The number of esters is 2. The lowest BCUT2D eigenvalue weighted by atomic mass is 9.71. The third-order valence-electron chi connectivity index (χ3n) is 3.72. The van der Waals surface area contributed by atoms with Gasteiger partial charge >= 0.3 is 11.9 Å². The third-order valence-corrected chi connectivity index (χ3v) is 3.72. The van der Waals surface area contributed by atoms with Gasteiger partial charge in [-0.15, -0.1) is 13.2 Å². The van der Waals surface area contributed by atoms with Gasteiger partial charge in [0.05, 0.1) is 26.1 Å². The molecule has 0 fully saturated rings. The summed E-state index contributed by atoms with van der Waals surface area (Å²) in [4.78, 5) is 49.7. The maximum absolute atomic E-state index is 12.8. The molecule has 0 amide bonds. The molecule has 0 aromatic carbocycles. The van der Waals surface area contributed by atoms with Crippen LogP contribution in [0.1, 0.15) is 52.4 Å². The van der Waals surface area contributed by atoms with Crippen LogP contribution in [0.15, 0.2) is 25.3 Å². The van der Waals surface area contributed by atoms with E-state index >= 15 is 0 Å². The minimum absolute atomic E-state index is 0.0160. The monoisotopic (exact) mass is 352 g/mol. The average Bonchev–Trinajstić information content (AvgIpc) is 2.57. The van der Waals surface area contributed by atoms with Gasteiger partial charge in [-0.3, -0.25) is 19.2 Å². The molecule has 0 saturated heterocycles. The molecular weight excluding hydrogens is 324 g/mol. The summed E-state index contributed by atoms with van der Waals surface area (Å²) in [6.07, 6.45) is 2.89. The maximum atomic E-state index is 12.8. The molecule has 0 unspecified atom stereocenters. The van der Waals surface area contributed by atoms with Gasteiger partial charge in [0, 0.05) is 12.8 Å². The van der Waals surface area contributed by atoms with Gasteiger partial charge < -0.3 is 9.47 Å². The van der Waals surface area contributed by atoms with E-state index in [0.29, 0.717) is 12.8 Å². The number of ether oxygens (including phenoxy) is 2. The van der Waals surface area contributed by atoms with Crippen LogP contribution in [0.25, 0.3) is 0 Å². The molecule has 0 heterocycles. The highest BCUT2D eigenvalue weighted by Crippen LogP contribution is 2.34. The molecule has 0 spiro atoms. The SMILES string of the molecule is C=CCCC(=O)C(CC(=O)OCC)(CC(=O)OCC)C(=O)CCC=C. The molecule has 0 N–H and O–H groups in total. The standard InChI is InChI=1S/C19H28O6/c1-5-9-11-15(20)19(13-17(22)24-7-3,14-18(23)25-8-4)16(21)12-10-6-2/h5-6H,1-2,7-14H2,3-4H3. The first kappa shape index (κ1) is 22.8. The molecule has 0 aliphatic heterocycles. The highest BCUT2D eigenvalue weighted by molar-refractivity contribution is 6.11. The van der Waals surface area contributed by atoms with Crippen molar-refractivity contribution in [1.29, 1.82) is 0 Å². The Balaban J connectivity index is 5.79. The van der Waals surface area contributed by atoms with E-state index in [1.54, 1.807) is 26.0 Å². The number of carbonyl (C=O) groups excluding carboxylic acids is 4. The summed E-state index contributed by atoms with van der Waals surface area (Å²) in [5, 5.41) is 0. The van der Waals surface area contributed by atoms with Gasteiger partial charge in [0.2, 0.25) is 0 Å². The molecule has 0 atom stereocenters. The van der Waals surface area contributed by atoms with E-state index in [4.69, 9.17) is 9.47 Å². The summed E-state index contributed by atoms with van der Waals surface area (Å²) in [5.74, 6) is -2.32. The number of hydrogen-bond acceptors (Lipinski definition) is 6. The van der Waals surface area contributed by atoms with Gasteiger partial charge in [0.25, 0.3) is 0 Å². The molecular formula is C19H28O6. The van der Waals surface area contributed by atoms with Crippen LogP contribution in [-0.2, 0) is 28.7 Å². The van der Waals surface area contributed by atoms with Crippen LogP contribution >= 0.6 is 0 Å². The molecule has 0 saturated carbocycles. The molecule has 0 rings (SSSR count). The van der Waals surface area contributed by atoms with Gasteiger partial charge in [-0.05, 0) is 26.7 Å². The lowest BCUT2D eigenvalue weighted by molar-refractivity contribution is -0.160. The van der Waals surface area contributed by atoms with Crippen molar-refractivity contribution in [2.24, 2.45) is 5.41 Å². The van der Waals surface area contributed by atoms with Crippen molar-refractivity contribution in [3.8, 4) is 0 Å². The van der Waals surface area contributed by atoms with Crippen molar-refractivity contribution in [3.05, 3.63) is 25.3 Å². The minimum atomic E-state index is -1.76. The summed E-state index contributed by atoms with van der Waals surface area (Å²) in [6, 6.07) is 0. The highest BCUT2D eigenvalue weighted by Gasteiger charge is 2.48. The van der Waals surface area contributed by atoms with Crippen molar-refractivity contribution >= 4 is 23.5 Å². The second-order valence-electron chi connectivity index (χ2n) is 5.55. The fourth-order valence-electron chi connectivity index (χ4n) is 2.47. The van der Waals surface area contributed by atoms with Gasteiger partial charge in [0.15, 0.2) is 0 Å². The number of Topliss-reactive ketones (excluding diaryl/α,β-unsaturated/α-hetero) is 2. The zero-order valence-electron chi connectivity index (χ0n) is 15.2. The van der Waals surface area contributed by atoms with Crippen LogP contribution in [0.4, 0.5) is 0 Å². The second-order valence-corrected chi connectivity index (χ2v) is 5.55. The highest BCUT2D eigenvalue weighted by atomic mass is 16.5. The quantitative estimate of drug-likeness (QED) is 0.271. The number of ketones is 2. The van der Waals surface area contributed by atoms with Crippen molar-refractivity contribution in [2.75, 3.05) is 13.2 Å². The Morgan fingerprint density at radius 2 is 1.16 bits per heavy atom. The van der Waals surface area contributed by atoms with Crippen LogP contribution in [0.3, 0.4) is 0 Å². The maximum Gasteiger partial charge on any atom is 0.307 e. The first-order valence-electron chi connectivity index (χ1n) is 8.47. The summed E-state index contributed by atoms with van der Waals surface area (Å²) in [5.41, 5.74) is -1.76. The van der Waals surface area contributed by atoms with E-state index in [2.05, 4.69) is 13.2 Å². The van der Waals surface area contributed by atoms with Crippen LogP contribution in [0.2, 0.25) is 0 Å². The van der Waals surface area contributed by atoms with Gasteiger partial charge in [-0.1, -0.05) is 12.2 Å². The predicted molar refractivity (Wildman–Crippen MR) is 93.8 cm³/mol. The fourth-order valence-corrected chi connectivity index (χ4v) is 2.47. The lowest BCUT2D eigenvalue weighted by Crippen LogP contribution is -2.44. The molecule has 0 aromatic rings. The van der Waals surface area contributed by atoms with E-state index in [1.165, 1.54) is 0 Å². The Hall–Kier alpha value is -2.24. The number of allylic oxidation sites excluding steroid dienone is 2. The molecule has 0 bridgehead atoms. The zero-order chi connectivity index (χ0) is 19.3. The molecule has 6 nitrogen and oxygen atoms in total. The predicted octanol–water partition coefficient (Wildman–Crippen LogP) is 2.95.